The molecule has 0 saturated heterocycles. The molecule has 0 radical (unpaired) electrons. The number of anilines is 1. The molecule has 1 aromatic heterocycles. The smallest absolute Gasteiger partial charge is 0.147 e. The normalized spacial score (nSPS) is 12.1. The minimum atomic E-state index is 0.191. The van der Waals surface area contributed by atoms with Gasteiger partial charge in [0.15, 0.2) is 0 Å². The maximum absolute atomic E-state index is 5.66. The molecule has 82 valence electrons. The molecule has 0 unspecified atom stereocenters. The van der Waals surface area contributed by atoms with Crippen LogP contribution in [-0.4, -0.2) is 9.97 Å². The lowest BCUT2D eigenvalue weighted by Crippen LogP contribution is -2.07. The Kier molecular flexibility index (Phi) is 3.37. The highest BCUT2D eigenvalue weighted by Crippen LogP contribution is 2.17. The SMILES string of the molecule is C[C@H](Nc1cnc(Cl)cn1)c1ccccc1. The number of aromatic nitrogens is 2. The summed E-state index contributed by atoms with van der Waals surface area (Å²) in [6, 6.07) is 10.4. The fraction of sp³-hybridized carbons (Fsp3) is 0.167. The fourth-order valence-corrected chi connectivity index (χ4v) is 1.53. The lowest BCUT2D eigenvalue weighted by atomic mass is 10.1. The molecule has 0 fully saturated rings. The van der Waals surface area contributed by atoms with E-state index in [0.29, 0.717) is 5.15 Å². The number of rotatable bonds is 3. The van der Waals surface area contributed by atoms with E-state index in [1.807, 2.05) is 18.2 Å². The summed E-state index contributed by atoms with van der Waals surface area (Å²) < 4.78 is 0. The van der Waals surface area contributed by atoms with E-state index in [9.17, 15) is 0 Å². The van der Waals surface area contributed by atoms with E-state index in [4.69, 9.17) is 11.6 Å². The topological polar surface area (TPSA) is 37.8 Å². The predicted molar refractivity (Wildman–Crippen MR) is 65.5 cm³/mol. The van der Waals surface area contributed by atoms with Gasteiger partial charge in [-0.15, -0.1) is 0 Å². The minimum Gasteiger partial charge on any atom is -0.362 e. The molecule has 1 N–H and O–H groups in total. The van der Waals surface area contributed by atoms with Crippen molar-refractivity contribution < 1.29 is 0 Å². The summed E-state index contributed by atoms with van der Waals surface area (Å²) in [5.41, 5.74) is 1.21. The third-order valence-corrected chi connectivity index (χ3v) is 2.48. The van der Waals surface area contributed by atoms with Gasteiger partial charge in [-0.1, -0.05) is 41.9 Å². The molecule has 0 bridgehead atoms. The molecule has 0 saturated carbocycles. The van der Waals surface area contributed by atoms with Crippen molar-refractivity contribution in [2.75, 3.05) is 5.32 Å². The third kappa shape index (κ3) is 2.70. The maximum Gasteiger partial charge on any atom is 0.147 e. The second-order valence-electron chi connectivity index (χ2n) is 3.50. The molecular weight excluding hydrogens is 222 g/mol. The molecule has 1 heterocycles. The van der Waals surface area contributed by atoms with Gasteiger partial charge in [0.1, 0.15) is 11.0 Å². The number of nitrogens with one attached hydrogen (secondary N) is 1. The fourth-order valence-electron chi connectivity index (χ4n) is 1.43. The van der Waals surface area contributed by atoms with Crippen LogP contribution in [0.2, 0.25) is 5.15 Å². The monoisotopic (exact) mass is 233 g/mol. The summed E-state index contributed by atoms with van der Waals surface area (Å²) in [6.07, 6.45) is 3.16. The molecule has 4 heteroatoms. The molecule has 16 heavy (non-hydrogen) atoms. The van der Waals surface area contributed by atoms with Crippen molar-refractivity contribution in [3.8, 4) is 0 Å². The van der Waals surface area contributed by atoms with Gasteiger partial charge in [-0.25, -0.2) is 9.97 Å². The van der Waals surface area contributed by atoms with Crippen molar-refractivity contribution in [2.24, 2.45) is 0 Å². The highest BCUT2D eigenvalue weighted by molar-refractivity contribution is 6.29. The summed E-state index contributed by atoms with van der Waals surface area (Å²) in [6.45, 7) is 2.08. The van der Waals surface area contributed by atoms with Crippen LogP contribution in [-0.2, 0) is 0 Å². The number of nitrogens with zero attached hydrogens (tertiary/aromatic N) is 2. The van der Waals surface area contributed by atoms with E-state index in [-0.39, 0.29) is 6.04 Å². The van der Waals surface area contributed by atoms with Gasteiger partial charge in [-0.2, -0.15) is 0 Å². The van der Waals surface area contributed by atoms with E-state index >= 15 is 0 Å². The van der Waals surface area contributed by atoms with Crippen molar-refractivity contribution in [1.82, 2.24) is 9.97 Å². The molecule has 0 amide bonds. The summed E-state index contributed by atoms with van der Waals surface area (Å²) >= 11 is 5.66. The van der Waals surface area contributed by atoms with Crippen LogP contribution in [0.15, 0.2) is 42.7 Å². The van der Waals surface area contributed by atoms with Gasteiger partial charge in [-0.05, 0) is 12.5 Å². The van der Waals surface area contributed by atoms with Crippen LogP contribution < -0.4 is 5.32 Å². The van der Waals surface area contributed by atoms with Gasteiger partial charge >= 0.3 is 0 Å². The molecule has 0 aliphatic carbocycles. The number of benzene rings is 1. The third-order valence-electron chi connectivity index (χ3n) is 2.28. The van der Waals surface area contributed by atoms with Gasteiger partial charge in [0.2, 0.25) is 0 Å². The Morgan fingerprint density at radius 2 is 1.88 bits per heavy atom. The summed E-state index contributed by atoms with van der Waals surface area (Å²) in [5, 5.41) is 3.65. The summed E-state index contributed by atoms with van der Waals surface area (Å²) in [5.74, 6) is 0.723. The van der Waals surface area contributed by atoms with Crippen LogP contribution >= 0.6 is 11.6 Å². The van der Waals surface area contributed by atoms with Crippen LogP contribution in [0, 0.1) is 0 Å². The molecular formula is C12H12ClN3. The van der Waals surface area contributed by atoms with E-state index in [1.165, 1.54) is 11.8 Å². The largest absolute Gasteiger partial charge is 0.362 e. The first kappa shape index (κ1) is 10.9. The molecule has 3 nitrogen and oxygen atoms in total. The van der Waals surface area contributed by atoms with Crippen LogP contribution in [0.25, 0.3) is 0 Å². The molecule has 1 aromatic carbocycles. The van der Waals surface area contributed by atoms with Crippen molar-refractivity contribution >= 4 is 17.4 Å². The Hall–Kier alpha value is -1.61. The lowest BCUT2D eigenvalue weighted by molar-refractivity contribution is 0.871. The van der Waals surface area contributed by atoms with E-state index in [1.54, 1.807) is 6.20 Å². The molecule has 2 aromatic rings. The van der Waals surface area contributed by atoms with Gasteiger partial charge in [-0.3, -0.25) is 0 Å². The zero-order valence-electron chi connectivity index (χ0n) is 8.89. The van der Waals surface area contributed by atoms with Crippen molar-refractivity contribution in [1.29, 1.82) is 0 Å². The van der Waals surface area contributed by atoms with Crippen LogP contribution in [0.1, 0.15) is 18.5 Å². The van der Waals surface area contributed by atoms with Crippen LogP contribution in [0.5, 0.6) is 0 Å². The molecule has 0 spiro atoms. The molecule has 2 rings (SSSR count). The van der Waals surface area contributed by atoms with Gasteiger partial charge in [0, 0.05) is 6.04 Å². The second kappa shape index (κ2) is 4.94. The summed E-state index contributed by atoms with van der Waals surface area (Å²) in [7, 11) is 0. The second-order valence-corrected chi connectivity index (χ2v) is 3.89. The Morgan fingerprint density at radius 1 is 1.12 bits per heavy atom. The lowest BCUT2D eigenvalue weighted by Gasteiger charge is -2.14. The van der Waals surface area contributed by atoms with E-state index < -0.39 is 0 Å². The average Bonchev–Trinajstić information content (AvgIpc) is 2.33. The highest BCUT2D eigenvalue weighted by Gasteiger charge is 2.04. The summed E-state index contributed by atoms with van der Waals surface area (Å²) in [4.78, 5) is 8.10. The van der Waals surface area contributed by atoms with Crippen molar-refractivity contribution in [3.05, 3.63) is 53.4 Å². The predicted octanol–water partition coefficient (Wildman–Crippen LogP) is 3.30. The quantitative estimate of drug-likeness (QED) is 0.884. The number of hydrogen-bond donors (Lipinski definition) is 1. The first-order valence-corrected chi connectivity index (χ1v) is 5.42. The molecule has 1 atom stereocenters. The van der Waals surface area contributed by atoms with Gasteiger partial charge in [0.05, 0.1) is 12.4 Å². The average molecular weight is 234 g/mol. The first-order valence-electron chi connectivity index (χ1n) is 5.05. The minimum absolute atomic E-state index is 0.191. The molecule has 0 aliphatic rings. The number of halogens is 1. The van der Waals surface area contributed by atoms with Crippen molar-refractivity contribution in [3.63, 3.8) is 0 Å². The van der Waals surface area contributed by atoms with E-state index in [0.717, 1.165) is 5.82 Å². The van der Waals surface area contributed by atoms with E-state index in [2.05, 4.69) is 34.3 Å². The van der Waals surface area contributed by atoms with Gasteiger partial charge in [0.25, 0.3) is 0 Å². The Morgan fingerprint density at radius 3 is 2.50 bits per heavy atom. The number of hydrogen-bond acceptors (Lipinski definition) is 3. The first-order chi connectivity index (χ1) is 7.75. The Labute approximate surface area is 99.5 Å². The zero-order valence-corrected chi connectivity index (χ0v) is 9.65. The van der Waals surface area contributed by atoms with Gasteiger partial charge < -0.3 is 5.32 Å². The Balaban J connectivity index is 2.08. The van der Waals surface area contributed by atoms with Crippen LogP contribution in [0.3, 0.4) is 0 Å². The maximum atomic E-state index is 5.66. The Bertz CT molecular complexity index is 442. The highest BCUT2D eigenvalue weighted by atomic mass is 35.5. The van der Waals surface area contributed by atoms with Crippen molar-refractivity contribution in [2.45, 2.75) is 13.0 Å². The zero-order chi connectivity index (χ0) is 11.4. The van der Waals surface area contributed by atoms with Crippen LogP contribution in [0.4, 0.5) is 5.82 Å². The molecule has 0 aliphatic heterocycles. The standard InChI is InChI=1S/C12H12ClN3/c1-9(10-5-3-2-4-6-10)16-12-8-14-11(13)7-15-12/h2-9H,1H3,(H,15,16)/t9-/m0/s1.